The lowest BCUT2D eigenvalue weighted by atomic mass is 10.3. The third kappa shape index (κ3) is 1.94. The summed E-state index contributed by atoms with van der Waals surface area (Å²) in [7, 11) is 0. The Labute approximate surface area is 123 Å². The molecule has 0 aliphatic carbocycles. The lowest BCUT2D eigenvalue weighted by Gasteiger charge is -2.01. The van der Waals surface area contributed by atoms with E-state index in [4.69, 9.17) is 0 Å². The summed E-state index contributed by atoms with van der Waals surface area (Å²) in [5, 5.41) is 16.8. The number of hydrogen-bond acceptors (Lipinski definition) is 5. The fraction of sp³-hybridized carbons (Fsp3) is 0. The number of aromatic amines is 1. The molecular weight excluding hydrogens is 284 g/mol. The first kappa shape index (κ1) is 12.3. The summed E-state index contributed by atoms with van der Waals surface area (Å²) in [5.74, 6) is 1.08. The third-order valence-electron chi connectivity index (χ3n) is 3.31. The number of anilines is 2. The van der Waals surface area contributed by atoms with Gasteiger partial charge in [-0.2, -0.15) is 4.98 Å². The van der Waals surface area contributed by atoms with Crippen LogP contribution in [0.1, 0.15) is 0 Å². The van der Waals surface area contributed by atoms with E-state index in [-0.39, 0.29) is 5.69 Å². The highest BCUT2D eigenvalue weighted by Crippen LogP contribution is 2.20. The summed E-state index contributed by atoms with van der Waals surface area (Å²) >= 11 is 0. The second kappa shape index (κ2) is 4.55. The monoisotopic (exact) mass is 294 g/mol. The van der Waals surface area contributed by atoms with E-state index in [0.29, 0.717) is 17.4 Å². The van der Waals surface area contributed by atoms with E-state index in [9.17, 15) is 10.1 Å². The van der Waals surface area contributed by atoms with Crippen molar-refractivity contribution in [2.24, 2.45) is 0 Å². The van der Waals surface area contributed by atoms with E-state index in [0.717, 1.165) is 11.0 Å². The Kier molecular flexibility index (Phi) is 2.55. The van der Waals surface area contributed by atoms with Gasteiger partial charge in [0, 0.05) is 17.8 Å². The second-order valence-corrected chi connectivity index (χ2v) is 4.74. The standard InChI is InChI=1S/C14H10N6O2/c21-20(22)10-7-5-9(6-8-10)15-13-17-14-16-11-3-1-2-4-12(11)19(14)18-13/h1-8H,(H2,15,16,17,18). The Bertz CT molecular complexity index is 986. The molecule has 0 atom stereocenters. The minimum atomic E-state index is -0.434. The van der Waals surface area contributed by atoms with Crippen LogP contribution in [-0.2, 0) is 0 Å². The quantitative estimate of drug-likeness (QED) is 0.447. The number of non-ortho nitro benzene ring substituents is 1. The first-order chi connectivity index (χ1) is 10.7. The normalized spacial score (nSPS) is 11.1. The SMILES string of the molecule is O=[N+]([O-])c1ccc(Nc2nc3nc4ccccc4n3[nH]2)cc1. The molecule has 8 heteroatoms. The molecule has 22 heavy (non-hydrogen) atoms. The summed E-state index contributed by atoms with van der Waals surface area (Å²) < 4.78 is 1.78. The molecule has 4 rings (SSSR count). The molecule has 0 radical (unpaired) electrons. The maximum absolute atomic E-state index is 10.6. The molecule has 0 unspecified atom stereocenters. The highest BCUT2D eigenvalue weighted by Gasteiger charge is 2.10. The lowest BCUT2D eigenvalue weighted by Crippen LogP contribution is -1.94. The van der Waals surface area contributed by atoms with Crippen LogP contribution in [0.3, 0.4) is 0 Å². The van der Waals surface area contributed by atoms with Crippen LogP contribution in [0.5, 0.6) is 0 Å². The van der Waals surface area contributed by atoms with Gasteiger partial charge in [-0.05, 0) is 24.3 Å². The average molecular weight is 294 g/mol. The highest BCUT2D eigenvalue weighted by molar-refractivity contribution is 5.79. The van der Waals surface area contributed by atoms with Crippen LogP contribution in [-0.4, -0.2) is 24.5 Å². The molecule has 2 heterocycles. The van der Waals surface area contributed by atoms with E-state index < -0.39 is 4.92 Å². The van der Waals surface area contributed by atoms with Crippen molar-refractivity contribution in [3.63, 3.8) is 0 Å². The fourth-order valence-corrected chi connectivity index (χ4v) is 2.29. The number of aromatic nitrogens is 4. The van der Waals surface area contributed by atoms with Crippen LogP contribution in [0.25, 0.3) is 16.8 Å². The number of hydrogen-bond donors (Lipinski definition) is 2. The van der Waals surface area contributed by atoms with Crippen molar-refractivity contribution < 1.29 is 4.92 Å². The summed E-state index contributed by atoms with van der Waals surface area (Å²) in [6.45, 7) is 0. The molecule has 0 bridgehead atoms. The zero-order valence-electron chi connectivity index (χ0n) is 11.2. The van der Waals surface area contributed by atoms with E-state index in [2.05, 4.69) is 20.4 Å². The summed E-state index contributed by atoms with van der Waals surface area (Å²) in [4.78, 5) is 19.0. The van der Waals surface area contributed by atoms with Crippen LogP contribution in [0.15, 0.2) is 48.5 Å². The topological polar surface area (TPSA) is 101 Å². The fourth-order valence-electron chi connectivity index (χ4n) is 2.29. The second-order valence-electron chi connectivity index (χ2n) is 4.74. The molecule has 4 aromatic rings. The van der Waals surface area contributed by atoms with Gasteiger partial charge >= 0.3 is 0 Å². The molecule has 2 aromatic carbocycles. The van der Waals surface area contributed by atoms with Crippen LogP contribution in [0.2, 0.25) is 0 Å². The minimum Gasteiger partial charge on any atom is -0.325 e. The molecule has 0 saturated carbocycles. The number of nitro benzene ring substituents is 1. The maximum Gasteiger partial charge on any atom is 0.269 e. The Hall–Kier alpha value is -3.42. The van der Waals surface area contributed by atoms with Crippen molar-refractivity contribution >= 4 is 34.1 Å². The number of nitrogens with one attached hydrogen (secondary N) is 2. The number of para-hydroxylation sites is 2. The number of rotatable bonds is 3. The molecule has 108 valence electrons. The molecule has 0 amide bonds. The van der Waals surface area contributed by atoms with Crippen LogP contribution in [0.4, 0.5) is 17.3 Å². The first-order valence-electron chi connectivity index (χ1n) is 6.55. The van der Waals surface area contributed by atoms with E-state index in [1.54, 1.807) is 16.6 Å². The number of benzene rings is 2. The van der Waals surface area contributed by atoms with E-state index >= 15 is 0 Å². The summed E-state index contributed by atoms with van der Waals surface area (Å²) in [6.07, 6.45) is 0. The van der Waals surface area contributed by atoms with Gasteiger partial charge in [0.05, 0.1) is 16.0 Å². The molecule has 2 N–H and O–H groups in total. The van der Waals surface area contributed by atoms with Crippen molar-refractivity contribution in [2.75, 3.05) is 5.32 Å². The number of nitrogens with zero attached hydrogens (tertiary/aromatic N) is 4. The van der Waals surface area contributed by atoms with Gasteiger partial charge in [-0.15, -0.1) is 0 Å². The van der Waals surface area contributed by atoms with Gasteiger partial charge in [0.2, 0.25) is 5.95 Å². The van der Waals surface area contributed by atoms with E-state index in [1.165, 1.54) is 12.1 Å². The zero-order chi connectivity index (χ0) is 15.1. The first-order valence-corrected chi connectivity index (χ1v) is 6.55. The Morgan fingerprint density at radius 1 is 1.09 bits per heavy atom. The highest BCUT2D eigenvalue weighted by atomic mass is 16.6. The number of fused-ring (bicyclic) bond motifs is 3. The Morgan fingerprint density at radius 3 is 2.64 bits per heavy atom. The molecule has 0 spiro atoms. The maximum atomic E-state index is 10.6. The predicted molar refractivity (Wildman–Crippen MR) is 81.2 cm³/mol. The number of H-pyrrole nitrogens is 1. The molecule has 0 fully saturated rings. The average Bonchev–Trinajstić information content (AvgIpc) is 3.05. The Balaban J connectivity index is 1.68. The van der Waals surface area contributed by atoms with Crippen molar-refractivity contribution in [3.8, 4) is 0 Å². The lowest BCUT2D eigenvalue weighted by molar-refractivity contribution is -0.384. The van der Waals surface area contributed by atoms with Crippen LogP contribution in [0, 0.1) is 10.1 Å². The molecular formula is C14H10N6O2. The number of nitro groups is 1. The predicted octanol–water partition coefficient (Wildman–Crippen LogP) is 2.86. The van der Waals surface area contributed by atoms with Gasteiger partial charge in [-0.25, -0.2) is 9.50 Å². The van der Waals surface area contributed by atoms with Crippen LogP contribution >= 0.6 is 0 Å². The summed E-state index contributed by atoms with van der Waals surface area (Å²) in [5.41, 5.74) is 2.54. The van der Waals surface area contributed by atoms with Gasteiger partial charge in [0.15, 0.2) is 0 Å². The van der Waals surface area contributed by atoms with Gasteiger partial charge in [-0.3, -0.25) is 15.2 Å². The minimum absolute atomic E-state index is 0.0470. The van der Waals surface area contributed by atoms with Crippen molar-refractivity contribution in [2.45, 2.75) is 0 Å². The van der Waals surface area contributed by atoms with Gasteiger partial charge in [0.25, 0.3) is 11.5 Å². The number of imidazole rings is 1. The summed E-state index contributed by atoms with van der Waals surface area (Å²) in [6, 6.07) is 13.8. The molecule has 0 aliphatic heterocycles. The Morgan fingerprint density at radius 2 is 1.86 bits per heavy atom. The van der Waals surface area contributed by atoms with Gasteiger partial charge in [0.1, 0.15) is 0 Å². The molecule has 0 aliphatic rings. The third-order valence-corrected chi connectivity index (χ3v) is 3.31. The molecule has 2 aromatic heterocycles. The van der Waals surface area contributed by atoms with Crippen LogP contribution < -0.4 is 5.32 Å². The largest absolute Gasteiger partial charge is 0.325 e. The van der Waals surface area contributed by atoms with Crippen molar-refractivity contribution in [1.29, 1.82) is 0 Å². The van der Waals surface area contributed by atoms with Gasteiger partial charge in [-0.1, -0.05) is 12.1 Å². The van der Waals surface area contributed by atoms with Crippen molar-refractivity contribution in [1.82, 2.24) is 19.6 Å². The van der Waals surface area contributed by atoms with E-state index in [1.807, 2.05) is 24.3 Å². The van der Waals surface area contributed by atoms with Crippen molar-refractivity contribution in [3.05, 3.63) is 58.6 Å². The zero-order valence-corrected chi connectivity index (χ0v) is 11.2. The molecule has 0 saturated heterocycles. The van der Waals surface area contributed by atoms with Gasteiger partial charge < -0.3 is 5.32 Å². The smallest absolute Gasteiger partial charge is 0.269 e. The molecule has 8 nitrogen and oxygen atoms in total.